The highest BCUT2D eigenvalue weighted by molar-refractivity contribution is 6.06. The zero-order valence-corrected chi connectivity index (χ0v) is 10.6. The van der Waals surface area contributed by atoms with Crippen molar-refractivity contribution in [3.8, 4) is 0 Å². The fourth-order valence-electron chi connectivity index (χ4n) is 2.13. The van der Waals surface area contributed by atoms with Gasteiger partial charge in [0.2, 0.25) is 0 Å². The summed E-state index contributed by atoms with van der Waals surface area (Å²) in [5.41, 5.74) is 0.812. The van der Waals surface area contributed by atoms with Gasteiger partial charge in [-0.1, -0.05) is 0 Å². The average molecular weight is 271 g/mol. The lowest BCUT2D eigenvalue weighted by molar-refractivity contribution is -0.137. The summed E-state index contributed by atoms with van der Waals surface area (Å²) >= 11 is 0. The Hall–Kier alpha value is -1.98. The quantitative estimate of drug-likeness (QED) is 0.805. The van der Waals surface area contributed by atoms with Crippen molar-refractivity contribution < 1.29 is 22.7 Å². The lowest BCUT2D eigenvalue weighted by Crippen LogP contribution is -2.06. The number of hydrogen-bond acceptors (Lipinski definition) is 2. The third-order valence-corrected chi connectivity index (χ3v) is 3.01. The minimum absolute atomic E-state index is 0.145. The Morgan fingerprint density at radius 2 is 1.89 bits per heavy atom. The molecule has 19 heavy (non-hydrogen) atoms. The number of hydrogen-bond donors (Lipinski definition) is 1. The molecule has 0 radical (unpaired) electrons. The Bertz CT molecular complexity index is 656. The maximum Gasteiger partial charge on any atom is 0.416 e. The van der Waals surface area contributed by atoms with Crippen LogP contribution in [0.15, 0.2) is 12.1 Å². The summed E-state index contributed by atoms with van der Waals surface area (Å²) in [5.74, 6) is -0.650. The molecule has 102 valence electrons. The number of H-pyrrole nitrogens is 1. The Balaban J connectivity index is 2.81. The normalized spacial score (nSPS) is 11.9. The number of aromatic nitrogens is 1. The number of carbonyl (C=O) groups is 1. The topological polar surface area (TPSA) is 42.1 Å². The van der Waals surface area contributed by atoms with Crippen LogP contribution in [0.5, 0.6) is 0 Å². The number of esters is 1. The van der Waals surface area contributed by atoms with E-state index in [0.717, 1.165) is 12.1 Å². The van der Waals surface area contributed by atoms with E-state index in [4.69, 9.17) is 0 Å². The van der Waals surface area contributed by atoms with E-state index in [2.05, 4.69) is 9.72 Å². The number of methoxy groups -OCH3 is 1. The van der Waals surface area contributed by atoms with E-state index in [1.54, 1.807) is 13.8 Å². The molecule has 0 unspecified atom stereocenters. The molecule has 0 aliphatic carbocycles. The number of benzene rings is 1. The molecule has 1 aromatic carbocycles. The van der Waals surface area contributed by atoms with Crippen LogP contribution < -0.4 is 0 Å². The highest BCUT2D eigenvalue weighted by Crippen LogP contribution is 2.35. The molecule has 0 bridgehead atoms. The molecule has 0 aliphatic rings. The second kappa shape index (κ2) is 4.29. The summed E-state index contributed by atoms with van der Waals surface area (Å²) in [4.78, 5) is 14.6. The predicted molar refractivity (Wildman–Crippen MR) is 64.1 cm³/mol. The Morgan fingerprint density at radius 1 is 1.26 bits per heavy atom. The van der Waals surface area contributed by atoms with E-state index in [-0.39, 0.29) is 10.9 Å². The van der Waals surface area contributed by atoms with Gasteiger partial charge in [0.1, 0.15) is 0 Å². The molecular weight excluding hydrogens is 259 g/mol. The maximum absolute atomic E-state index is 12.8. The molecule has 2 rings (SSSR count). The highest BCUT2D eigenvalue weighted by Gasteiger charge is 2.32. The minimum atomic E-state index is -4.45. The van der Waals surface area contributed by atoms with Gasteiger partial charge in [0.25, 0.3) is 0 Å². The molecule has 0 saturated heterocycles. The van der Waals surface area contributed by atoms with Crippen LogP contribution in [0.4, 0.5) is 13.2 Å². The van der Waals surface area contributed by atoms with E-state index >= 15 is 0 Å². The molecule has 0 spiro atoms. The van der Waals surface area contributed by atoms with Crippen molar-refractivity contribution in [1.29, 1.82) is 0 Å². The fourth-order valence-corrected chi connectivity index (χ4v) is 2.13. The zero-order valence-electron chi connectivity index (χ0n) is 10.6. The fraction of sp³-hybridized carbons (Fsp3) is 0.308. The van der Waals surface area contributed by atoms with Gasteiger partial charge in [0.15, 0.2) is 0 Å². The third-order valence-electron chi connectivity index (χ3n) is 3.01. The molecule has 1 aromatic heterocycles. The molecule has 0 amide bonds. The molecule has 0 aliphatic heterocycles. The minimum Gasteiger partial charge on any atom is -0.465 e. The largest absolute Gasteiger partial charge is 0.465 e. The molecule has 6 heteroatoms. The van der Waals surface area contributed by atoms with Crippen molar-refractivity contribution in [3.63, 3.8) is 0 Å². The number of ether oxygens (including phenoxy) is 1. The van der Waals surface area contributed by atoms with Crippen LogP contribution in [0.2, 0.25) is 0 Å². The monoisotopic (exact) mass is 271 g/mol. The standard InChI is InChI=1S/C13H12F3NO2/c1-6-4-8(13(14,15)16)5-9-10(12(18)19-3)7(2)17-11(6)9/h4-5,17H,1-3H3. The number of nitrogens with one attached hydrogen (secondary N) is 1. The van der Waals surface area contributed by atoms with Gasteiger partial charge < -0.3 is 9.72 Å². The molecule has 0 fully saturated rings. The van der Waals surface area contributed by atoms with E-state index in [1.165, 1.54) is 7.11 Å². The van der Waals surface area contributed by atoms with Crippen LogP contribution in [0.25, 0.3) is 10.9 Å². The van der Waals surface area contributed by atoms with Crippen LogP contribution in [0, 0.1) is 13.8 Å². The number of carbonyl (C=O) groups excluding carboxylic acids is 1. The lowest BCUT2D eigenvalue weighted by Gasteiger charge is -2.08. The Morgan fingerprint density at radius 3 is 2.42 bits per heavy atom. The lowest BCUT2D eigenvalue weighted by atomic mass is 10.0. The van der Waals surface area contributed by atoms with Gasteiger partial charge >= 0.3 is 12.1 Å². The van der Waals surface area contributed by atoms with E-state index in [9.17, 15) is 18.0 Å². The summed E-state index contributed by atoms with van der Waals surface area (Å²) in [7, 11) is 1.20. The van der Waals surface area contributed by atoms with Crippen LogP contribution >= 0.6 is 0 Å². The molecule has 2 aromatic rings. The molecular formula is C13H12F3NO2. The molecule has 1 heterocycles. The second-order valence-corrected chi connectivity index (χ2v) is 4.33. The molecule has 3 nitrogen and oxygen atoms in total. The van der Waals surface area contributed by atoms with Crippen molar-refractivity contribution in [3.05, 3.63) is 34.5 Å². The summed E-state index contributed by atoms with van der Waals surface area (Å²) in [6.07, 6.45) is -4.45. The van der Waals surface area contributed by atoms with Crippen LogP contribution in [-0.4, -0.2) is 18.1 Å². The first-order chi connectivity index (χ1) is 8.75. The molecule has 0 atom stereocenters. The van der Waals surface area contributed by atoms with Crippen molar-refractivity contribution in [2.75, 3.05) is 7.11 Å². The average Bonchev–Trinajstić information content (AvgIpc) is 2.64. The van der Waals surface area contributed by atoms with Gasteiger partial charge in [-0.25, -0.2) is 4.79 Å². The first-order valence-corrected chi connectivity index (χ1v) is 5.54. The van der Waals surface area contributed by atoms with Crippen LogP contribution in [0.1, 0.15) is 27.2 Å². The van der Waals surface area contributed by atoms with Crippen LogP contribution in [0.3, 0.4) is 0 Å². The number of aromatic amines is 1. The summed E-state index contributed by atoms with van der Waals surface area (Å²) in [6, 6.07) is 2.03. The van der Waals surface area contributed by atoms with E-state index in [0.29, 0.717) is 16.8 Å². The highest BCUT2D eigenvalue weighted by atomic mass is 19.4. The molecule has 0 saturated carbocycles. The number of halogens is 3. The van der Waals surface area contributed by atoms with Crippen molar-refractivity contribution in [2.45, 2.75) is 20.0 Å². The maximum atomic E-state index is 12.8. The SMILES string of the molecule is COC(=O)c1c(C)[nH]c2c(C)cc(C(F)(F)F)cc12. The van der Waals surface area contributed by atoms with Gasteiger partial charge in [-0.2, -0.15) is 13.2 Å². The number of alkyl halides is 3. The molecule has 1 N–H and O–H groups in total. The van der Waals surface area contributed by atoms with Crippen molar-refractivity contribution >= 4 is 16.9 Å². The van der Waals surface area contributed by atoms with Gasteiger partial charge in [-0.15, -0.1) is 0 Å². The Kier molecular flexibility index (Phi) is 3.04. The summed E-state index contributed by atoms with van der Waals surface area (Å²) < 4.78 is 43.0. The second-order valence-electron chi connectivity index (χ2n) is 4.33. The van der Waals surface area contributed by atoms with Crippen LogP contribution in [-0.2, 0) is 10.9 Å². The van der Waals surface area contributed by atoms with E-state index in [1.807, 2.05) is 0 Å². The van der Waals surface area contributed by atoms with Crippen molar-refractivity contribution in [2.24, 2.45) is 0 Å². The first kappa shape index (κ1) is 13.5. The number of fused-ring (bicyclic) bond motifs is 1. The summed E-state index contributed by atoms with van der Waals surface area (Å²) in [5, 5.41) is 0.233. The van der Waals surface area contributed by atoms with Gasteiger partial charge in [-0.3, -0.25) is 0 Å². The van der Waals surface area contributed by atoms with Gasteiger partial charge in [0, 0.05) is 16.6 Å². The van der Waals surface area contributed by atoms with Gasteiger partial charge in [-0.05, 0) is 31.5 Å². The number of aryl methyl sites for hydroxylation is 2. The van der Waals surface area contributed by atoms with E-state index < -0.39 is 17.7 Å². The summed E-state index contributed by atoms with van der Waals surface area (Å²) in [6.45, 7) is 3.19. The predicted octanol–water partition coefficient (Wildman–Crippen LogP) is 3.59. The first-order valence-electron chi connectivity index (χ1n) is 5.54. The van der Waals surface area contributed by atoms with Crippen molar-refractivity contribution in [1.82, 2.24) is 4.98 Å². The Labute approximate surface area is 107 Å². The van der Waals surface area contributed by atoms with Gasteiger partial charge in [0.05, 0.1) is 18.2 Å². The zero-order chi connectivity index (χ0) is 14.4. The third kappa shape index (κ3) is 2.18. The smallest absolute Gasteiger partial charge is 0.416 e. The number of rotatable bonds is 1.